The van der Waals surface area contributed by atoms with Crippen LogP contribution in [0, 0.1) is 5.41 Å². The van der Waals surface area contributed by atoms with Crippen LogP contribution < -0.4 is 5.32 Å². The predicted molar refractivity (Wildman–Crippen MR) is 81.5 cm³/mol. The first kappa shape index (κ1) is 16.7. The second-order valence-corrected chi connectivity index (χ2v) is 6.83. The second-order valence-electron chi connectivity index (χ2n) is 5.91. The Morgan fingerprint density at radius 3 is 2.35 bits per heavy atom. The van der Waals surface area contributed by atoms with Crippen molar-refractivity contribution >= 4 is 27.8 Å². The van der Waals surface area contributed by atoms with E-state index >= 15 is 0 Å². The lowest BCUT2D eigenvalue weighted by Gasteiger charge is -2.38. The van der Waals surface area contributed by atoms with Crippen molar-refractivity contribution in [3.05, 3.63) is 34.3 Å². The van der Waals surface area contributed by atoms with Crippen molar-refractivity contribution in [2.75, 3.05) is 0 Å². The van der Waals surface area contributed by atoms with Gasteiger partial charge in [-0.15, -0.1) is 0 Å². The number of nitrogens with one attached hydrogen (secondary N) is 1. The Morgan fingerprint density at radius 2 is 1.85 bits per heavy atom. The van der Waals surface area contributed by atoms with Crippen LogP contribution in [0.1, 0.15) is 33.3 Å². The van der Waals surface area contributed by atoms with E-state index in [4.69, 9.17) is 0 Å². The van der Waals surface area contributed by atoms with Crippen molar-refractivity contribution < 1.29 is 14.7 Å². The summed E-state index contributed by atoms with van der Waals surface area (Å²) in [5.74, 6) is -1.13. The van der Waals surface area contributed by atoms with Crippen molar-refractivity contribution in [2.24, 2.45) is 5.41 Å². The average Bonchev–Trinajstić information content (AvgIpc) is 2.27. The number of aliphatic carboxylic acids is 1. The molecule has 4 nitrogen and oxygen atoms in total. The SMILES string of the molecule is CC(C)(NC(=O)Cc1cccc(Br)c1)C(C)(C)C(=O)O. The monoisotopic (exact) mass is 341 g/mol. The van der Waals surface area contributed by atoms with E-state index < -0.39 is 16.9 Å². The largest absolute Gasteiger partial charge is 0.481 e. The number of carbonyl (C=O) groups excluding carboxylic acids is 1. The lowest BCUT2D eigenvalue weighted by molar-refractivity contribution is -0.151. The van der Waals surface area contributed by atoms with E-state index in [-0.39, 0.29) is 12.3 Å². The van der Waals surface area contributed by atoms with Crippen LogP contribution in [-0.2, 0) is 16.0 Å². The van der Waals surface area contributed by atoms with Crippen LogP contribution in [0.5, 0.6) is 0 Å². The molecule has 5 heteroatoms. The number of benzene rings is 1. The minimum Gasteiger partial charge on any atom is -0.481 e. The minimum absolute atomic E-state index is 0.192. The third-order valence-electron chi connectivity index (χ3n) is 3.80. The zero-order valence-corrected chi connectivity index (χ0v) is 13.7. The Labute approximate surface area is 127 Å². The van der Waals surface area contributed by atoms with Gasteiger partial charge in [-0.1, -0.05) is 28.1 Å². The highest BCUT2D eigenvalue weighted by Gasteiger charge is 2.44. The number of carbonyl (C=O) groups is 2. The molecular formula is C15H20BrNO3. The number of rotatable bonds is 5. The Morgan fingerprint density at radius 1 is 1.25 bits per heavy atom. The Hall–Kier alpha value is -1.36. The lowest BCUT2D eigenvalue weighted by atomic mass is 9.74. The molecule has 0 heterocycles. The molecule has 0 bridgehead atoms. The fourth-order valence-electron chi connectivity index (χ4n) is 1.65. The summed E-state index contributed by atoms with van der Waals surface area (Å²) in [6.07, 6.45) is 0.221. The fourth-order valence-corrected chi connectivity index (χ4v) is 2.10. The van der Waals surface area contributed by atoms with Gasteiger partial charge >= 0.3 is 5.97 Å². The summed E-state index contributed by atoms with van der Waals surface area (Å²) in [5.41, 5.74) is -1.03. The van der Waals surface area contributed by atoms with Crippen molar-refractivity contribution in [1.29, 1.82) is 0 Å². The molecule has 0 saturated heterocycles. The Bertz CT molecular complexity index is 524. The molecule has 0 spiro atoms. The molecule has 1 aromatic rings. The summed E-state index contributed by atoms with van der Waals surface area (Å²) in [5, 5.41) is 12.1. The third-order valence-corrected chi connectivity index (χ3v) is 4.30. The predicted octanol–water partition coefficient (Wildman–Crippen LogP) is 3.00. The zero-order chi connectivity index (χ0) is 15.6. The van der Waals surface area contributed by atoms with Crippen LogP contribution in [0.2, 0.25) is 0 Å². The standard InChI is InChI=1S/C15H20BrNO3/c1-14(2,13(19)20)15(3,4)17-12(18)9-10-6-5-7-11(16)8-10/h5-8H,9H2,1-4H3,(H,17,18)(H,19,20). The maximum Gasteiger partial charge on any atom is 0.311 e. The highest BCUT2D eigenvalue weighted by Crippen LogP contribution is 2.30. The van der Waals surface area contributed by atoms with Crippen LogP contribution in [-0.4, -0.2) is 22.5 Å². The van der Waals surface area contributed by atoms with Gasteiger partial charge in [0.2, 0.25) is 5.91 Å². The van der Waals surface area contributed by atoms with E-state index in [2.05, 4.69) is 21.2 Å². The van der Waals surface area contributed by atoms with Crippen molar-refractivity contribution in [3.8, 4) is 0 Å². The van der Waals surface area contributed by atoms with E-state index in [1.54, 1.807) is 27.7 Å². The maximum atomic E-state index is 12.1. The van der Waals surface area contributed by atoms with E-state index in [9.17, 15) is 14.7 Å². The lowest BCUT2D eigenvalue weighted by Crippen LogP contribution is -2.57. The number of amides is 1. The topological polar surface area (TPSA) is 66.4 Å². The number of hydrogen-bond acceptors (Lipinski definition) is 2. The molecule has 0 aliphatic heterocycles. The van der Waals surface area contributed by atoms with E-state index in [1.165, 1.54) is 0 Å². The van der Waals surface area contributed by atoms with Gasteiger partial charge in [0.15, 0.2) is 0 Å². The second kappa shape index (κ2) is 5.95. The molecule has 0 radical (unpaired) electrons. The quantitative estimate of drug-likeness (QED) is 0.865. The Balaban J connectivity index is 2.78. The first-order valence-electron chi connectivity index (χ1n) is 6.35. The van der Waals surface area contributed by atoms with Gasteiger partial charge in [0, 0.05) is 10.0 Å². The highest BCUT2D eigenvalue weighted by molar-refractivity contribution is 9.10. The smallest absolute Gasteiger partial charge is 0.311 e. The van der Waals surface area contributed by atoms with Gasteiger partial charge in [-0.3, -0.25) is 9.59 Å². The van der Waals surface area contributed by atoms with Crippen molar-refractivity contribution in [1.82, 2.24) is 5.32 Å². The van der Waals surface area contributed by atoms with Gasteiger partial charge in [0.1, 0.15) is 0 Å². The number of carboxylic acids is 1. The molecule has 1 rings (SSSR count). The van der Waals surface area contributed by atoms with E-state index in [1.807, 2.05) is 24.3 Å². The van der Waals surface area contributed by atoms with Gasteiger partial charge in [-0.25, -0.2) is 0 Å². The molecule has 0 aromatic heterocycles. The molecule has 2 N–H and O–H groups in total. The molecule has 0 aliphatic rings. The fraction of sp³-hybridized carbons (Fsp3) is 0.467. The molecule has 0 saturated carbocycles. The number of halogens is 1. The van der Waals surface area contributed by atoms with Crippen LogP contribution in [0.4, 0.5) is 0 Å². The summed E-state index contributed by atoms with van der Waals surface area (Å²) in [4.78, 5) is 23.4. The number of carboxylic acid groups (broad SMARTS) is 1. The molecule has 20 heavy (non-hydrogen) atoms. The van der Waals surface area contributed by atoms with Gasteiger partial charge in [-0.05, 0) is 45.4 Å². The maximum absolute atomic E-state index is 12.1. The van der Waals surface area contributed by atoms with Gasteiger partial charge < -0.3 is 10.4 Å². The average molecular weight is 342 g/mol. The summed E-state index contributed by atoms with van der Waals surface area (Å²) in [6, 6.07) is 7.48. The summed E-state index contributed by atoms with van der Waals surface area (Å²) >= 11 is 3.35. The Kier molecular flexibility index (Phi) is 4.97. The van der Waals surface area contributed by atoms with Crippen molar-refractivity contribution in [2.45, 2.75) is 39.7 Å². The van der Waals surface area contributed by atoms with Gasteiger partial charge in [0.05, 0.1) is 11.8 Å². The normalized spacial score (nSPS) is 12.1. The molecular weight excluding hydrogens is 322 g/mol. The highest BCUT2D eigenvalue weighted by atomic mass is 79.9. The zero-order valence-electron chi connectivity index (χ0n) is 12.2. The minimum atomic E-state index is -1.06. The van der Waals surface area contributed by atoms with Gasteiger partial charge in [0.25, 0.3) is 0 Å². The van der Waals surface area contributed by atoms with Crippen LogP contribution in [0.15, 0.2) is 28.7 Å². The molecule has 0 fully saturated rings. The van der Waals surface area contributed by atoms with Gasteiger partial charge in [-0.2, -0.15) is 0 Å². The molecule has 1 amide bonds. The first-order valence-corrected chi connectivity index (χ1v) is 7.14. The van der Waals surface area contributed by atoms with Crippen molar-refractivity contribution in [3.63, 3.8) is 0 Å². The van der Waals surface area contributed by atoms with Crippen LogP contribution in [0.25, 0.3) is 0 Å². The molecule has 0 unspecified atom stereocenters. The molecule has 0 aliphatic carbocycles. The molecule has 0 atom stereocenters. The van der Waals surface area contributed by atoms with E-state index in [0.717, 1.165) is 10.0 Å². The van der Waals surface area contributed by atoms with Crippen LogP contribution in [0.3, 0.4) is 0 Å². The summed E-state index contributed by atoms with van der Waals surface area (Å²) in [6.45, 7) is 6.66. The molecule has 110 valence electrons. The summed E-state index contributed by atoms with van der Waals surface area (Å²) in [7, 11) is 0. The number of hydrogen-bond donors (Lipinski definition) is 2. The van der Waals surface area contributed by atoms with E-state index in [0.29, 0.717) is 0 Å². The first-order chi connectivity index (χ1) is 9.06. The summed E-state index contributed by atoms with van der Waals surface area (Å²) < 4.78 is 0.910. The van der Waals surface area contributed by atoms with Crippen LogP contribution >= 0.6 is 15.9 Å². The third kappa shape index (κ3) is 3.82. The molecule has 1 aromatic carbocycles.